The summed E-state index contributed by atoms with van der Waals surface area (Å²) >= 11 is 12.3. The van der Waals surface area contributed by atoms with E-state index in [9.17, 15) is 29.5 Å². The Balaban J connectivity index is 1.60. The van der Waals surface area contributed by atoms with Gasteiger partial charge in [0.15, 0.2) is 5.69 Å². The van der Waals surface area contributed by atoms with Gasteiger partial charge in [0.05, 0.1) is 23.9 Å². The lowest BCUT2D eigenvalue weighted by Gasteiger charge is -2.33. The number of H-pyrrole nitrogens is 1. The largest absolute Gasteiger partial charge is 0.477 e. The average molecular weight is 553 g/mol. The molecule has 192 valence electrons. The highest BCUT2D eigenvalue weighted by atomic mass is 35.5. The van der Waals surface area contributed by atoms with E-state index in [4.69, 9.17) is 23.2 Å². The molecule has 0 bridgehead atoms. The van der Waals surface area contributed by atoms with Crippen LogP contribution in [-0.2, 0) is 4.79 Å². The van der Waals surface area contributed by atoms with Crippen molar-refractivity contribution in [3.63, 3.8) is 0 Å². The lowest BCUT2D eigenvalue weighted by molar-refractivity contribution is -0.124. The molecule has 3 heterocycles. The van der Waals surface area contributed by atoms with Crippen molar-refractivity contribution < 1.29 is 24.3 Å². The van der Waals surface area contributed by atoms with E-state index in [0.29, 0.717) is 11.1 Å². The van der Waals surface area contributed by atoms with E-state index in [0.717, 1.165) is 11.0 Å². The number of anilines is 1. The van der Waals surface area contributed by atoms with Crippen LogP contribution in [0.2, 0.25) is 10.0 Å². The Morgan fingerprint density at radius 2 is 1.79 bits per heavy atom. The molecule has 2 aliphatic heterocycles. The maximum Gasteiger partial charge on any atom is 0.353 e. The molecule has 2 saturated heterocycles. The molecule has 0 radical (unpaired) electrons. The van der Waals surface area contributed by atoms with Crippen molar-refractivity contribution in [2.45, 2.75) is 11.5 Å². The van der Waals surface area contributed by atoms with Crippen LogP contribution in [0.15, 0.2) is 48.5 Å². The molecule has 13 heteroatoms. The summed E-state index contributed by atoms with van der Waals surface area (Å²) in [6.45, 7) is -0.162. The Hall–Kier alpha value is -4.40. The molecular weight excluding hydrogens is 535 g/mol. The second-order valence-corrected chi connectivity index (χ2v) is 9.85. The summed E-state index contributed by atoms with van der Waals surface area (Å²) in [5, 5.41) is 25.0. The van der Waals surface area contributed by atoms with Gasteiger partial charge >= 0.3 is 12.0 Å². The molecule has 2 fully saturated rings. The number of hydrogen-bond donors (Lipinski definition) is 2. The summed E-state index contributed by atoms with van der Waals surface area (Å²) in [4.78, 5) is 56.0. The van der Waals surface area contributed by atoms with E-state index in [2.05, 4.69) is 10.2 Å². The lowest BCUT2D eigenvalue weighted by atomic mass is 9.80. The molecule has 2 N–H and O–H groups in total. The van der Waals surface area contributed by atoms with Gasteiger partial charge in [-0.05, 0) is 35.9 Å². The number of benzene rings is 2. The van der Waals surface area contributed by atoms with Crippen LogP contribution in [0.1, 0.15) is 38.0 Å². The fourth-order valence-electron chi connectivity index (χ4n) is 5.06. The van der Waals surface area contributed by atoms with E-state index >= 15 is 0 Å². The number of carbonyl (C=O) groups excluding carboxylic acids is 3. The smallest absolute Gasteiger partial charge is 0.353 e. The molecule has 0 saturated carbocycles. The summed E-state index contributed by atoms with van der Waals surface area (Å²) in [7, 11) is 1.48. The van der Waals surface area contributed by atoms with Gasteiger partial charge in [0.25, 0.3) is 11.8 Å². The number of carboxylic acids is 1. The normalized spacial score (nSPS) is 20.9. The molecule has 2 aromatic carbocycles. The number of amides is 4. The summed E-state index contributed by atoms with van der Waals surface area (Å²) in [6.07, 6.45) is 0. The SMILES string of the molecule is CN1C(=O)N(c2cc(Cl)cc(Cl)c2)C(=O)[C@]12CN(C(=O)c1cc(C(=O)O)[nH]n1)C[C@H]2c1ccc(C#N)cc1. The van der Waals surface area contributed by atoms with Crippen molar-refractivity contribution in [2.24, 2.45) is 0 Å². The van der Waals surface area contributed by atoms with Gasteiger partial charge in [-0.15, -0.1) is 0 Å². The van der Waals surface area contributed by atoms with Crippen LogP contribution in [-0.4, -0.2) is 74.6 Å². The molecule has 2 atom stereocenters. The van der Waals surface area contributed by atoms with Crippen LogP contribution in [0, 0.1) is 11.3 Å². The first-order valence-electron chi connectivity index (χ1n) is 11.2. The molecule has 1 spiro atoms. The fourth-order valence-corrected chi connectivity index (χ4v) is 5.58. The second kappa shape index (κ2) is 9.16. The molecule has 2 aliphatic rings. The number of nitriles is 1. The zero-order chi connectivity index (χ0) is 27.4. The molecule has 4 amide bonds. The number of hydrogen-bond acceptors (Lipinski definition) is 6. The lowest BCUT2D eigenvalue weighted by Crippen LogP contribution is -2.54. The van der Waals surface area contributed by atoms with Crippen LogP contribution < -0.4 is 4.90 Å². The number of carboxylic acid groups (broad SMARTS) is 1. The second-order valence-electron chi connectivity index (χ2n) is 8.98. The van der Waals surface area contributed by atoms with Gasteiger partial charge in [-0.2, -0.15) is 10.4 Å². The van der Waals surface area contributed by atoms with Gasteiger partial charge in [0, 0.05) is 35.6 Å². The van der Waals surface area contributed by atoms with E-state index in [1.165, 1.54) is 35.0 Å². The van der Waals surface area contributed by atoms with Crippen molar-refractivity contribution >= 4 is 52.7 Å². The standard InChI is InChI=1S/C25H18Cl2N6O5/c1-31-24(38)33(17-7-15(26)6-16(27)8-17)23(37)25(31)12-32(21(34)19-9-20(22(35)36)30-29-19)11-18(25)14-4-2-13(10-28)3-5-14/h2-9,18H,11-12H2,1H3,(H,29,30)(H,35,36)/t18-,25+/m0/s1. The molecule has 0 unspecified atom stereocenters. The highest BCUT2D eigenvalue weighted by Crippen LogP contribution is 2.47. The van der Waals surface area contributed by atoms with E-state index < -0.39 is 35.3 Å². The van der Waals surface area contributed by atoms with Crippen LogP contribution in [0.5, 0.6) is 0 Å². The Labute approximate surface area is 225 Å². The monoisotopic (exact) mass is 552 g/mol. The zero-order valence-electron chi connectivity index (χ0n) is 19.7. The minimum Gasteiger partial charge on any atom is -0.477 e. The third-order valence-corrected chi connectivity index (χ3v) is 7.36. The number of imide groups is 1. The van der Waals surface area contributed by atoms with Crippen molar-refractivity contribution in [3.8, 4) is 6.07 Å². The average Bonchev–Trinajstić information content (AvgIpc) is 3.58. The molecule has 3 aromatic rings. The van der Waals surface area contributed by atoms with Gasteiger partial charge in [0.1, 0.15) is 11.2 Å². The molecule has 0 aliphatic carbocycles. The first-order valence-corrected chi connectivity index (χ1v) is 12.0. The fraction of sp³-hybridized carbons (Fsp3) is 0.200. The number of nitrogens with zero attached hydrogens (tertiary/aromatic N) is 5. The Morgan fingerprint density at radius 1 is 1.13 bits per heavy atom. The maximum absolute atomic E-state index is 14.2. The first-order chi connectivity index (χ1) is 18.1. The summed E-state index contributed by atoms with van der Waals surface area (Å²) < 4.78 is 0. The number of aromatic carboxylic acids is 1. The number of carbonyl (C=O) groups is 4. The molecule has 38 heavy (non-hydrogen) atoms. The predicted molar refractivity (Wildman–Crippen MR) is 135 cm³/mol. The maximum atomic E-state index is 14.2. The number of likely N-dealkylation sites (tertiary alicyclic amines) is 1. The molecule has 5 rings (SSSR count). The highest BCUT2D eigenvalue weighted by Gasteiger charge is 2.65. The topological polar surface area (TPSA) is 151 Å². The number of halogens is 2. The van der Waals surface area contributed by atoms with E-state index in [-0.39, 0.29) is 40.2 Å². The number of likely N-dealkylation sites (N-methyl/N-ethyl adjacent to an activating group) is 1. The third-order valence-electron chi connectivity index (χ3n) is 6.92. The highest BCUT2D eigenvalue weighted by molar-refractivity contribution is 6.36. The van der Waals surface area contributed by atoms with E-state index in [1.807, 2.05) is 6.07 Å². The molecule has 1 aromatic heterocycles. The summed E-state index contributed by atoms with van der Waals surface area (Å²) in [5.74, 6) is -3.15. The number of nitrogens with one attached hydrogen (secondary N) is 1. The van der Waals surface area contributed by atoms with Crippen molar-refractivity contribution in [2.75, 3.05) is 25.0 Å². The Morgan fingerprint density at radius 3 is 2.37 bits per heavy atom. The summed E-state index contributed by atoms with van der Waals surface area (Å²) in [5.41, 5.74) is -0.699. The predicted octanol–water partition coefficient (Wildman–Crippen LogP) is 3.36. The zero-order valence-corrected chi connectivity index (χ0v) is 21.2. The minimum atomic E-state index is -1.51. The number of aromatic amines is 1. The number of rotatable bonds is 4. The van der Waals surface area contributed by atoms with Gasteiger partial charge in [-0.1, -0.05) is 35.3 Å². The minimum absolute atomic E-state index is 0.0213. The van der Waals surface area contributed by atoms with Crippen molar-refractivity contribution in [3.05, 3.63) is 81.1 Å². The van der Waals surface area contributed by atoms with Crippen LogP contribution >= 0.6 is 23.2 Å². The van der Waals surface area contributed by atoms with Crippen LogP contribution in [0.4, 0.5) is 10.5 Å². The number of urea groups is 1. The van der Waals surface area contributed by atoms with Crippen molar-refractivity contribution in [1.82, 2.24) is 20.0 Å². The van der Waals surface area contributed by atoms with Gasteiger partial charge in [0.2, 0.25) is 0 Å². The van der Waals surface area contributed by atoms with E-state index in [1.54, 1.807) is 24.3 Å². The van der Waals surface area contributed by atoms with Gasteiger partial charge < -0.3 is 14.9 Å². The Bertz CT molecular complexity index is 1530. The van der Waals surface area contributed by atoms with Gasteiger partial charge in [-0.3, -0.25) is 14.7 Å². The third kappa shape index (κ3) is 3.86. The quantitative estimate of drug-likeness (QED) is 0.471. The van der Waals surface area contributed by atoms with Crippen LogP contribution in [0.25, 0.3) is 0 Å². The first kappa shape index (κ1) is 25.3. The van der Waals surface area contributed by atoms with Gasteiger partial charge in [-0.25, -0.2) is 14.5 Å². The molecule has 11 nitrogen and oxygen atoms in total. The molecular formula is C25H18Cl2N6O5. The summed E-state index contributed by atoms with van der Waals surface area (Å²) in [6, 6.07) is 13.4. The number of aromatic nitrogens is 2. The van der Waals surface area contributed by atoms with Crippen LogP contribution in [0.3, 0.4) is 0 Å². The Kier molecular flexibility index (Phi) is 6.09. The van der Waals surface area contributed by atoms with Crippen molar-refractivity contribution in [1.29, 1.82) is 5.26 Å².